The lowest BCUT2D eigenvalue weighted by Gasteiger charge is -2.28. The lowest BCUT2D eigenvalue weighted by molar-refractivity contribution is 0.0181. The van der Waals surface area contributed by atoms with Crippen molar-refractivity contribution in [3.8, 4) is 6.07 Å². The van der Waals surface area contributed by atoms with E-state index in [0.29, 0.717) is 33.0 Å². The normalized spacial score (nSPS) is 19.0. The minimum absolute atomic E-state index is 0.142. The van der Waals surface area contributed by atoms with Crippen LogP contribution in [-0.4, -0.2) is 40.1 Å². The Morgan fingerprint density at radius 2 is 1.40 bits per heavy atom. The van der Waals surface area contributed by atoms with Gasteiger partial charge in [-0.25, -0.2) is 0 Å². The van der Waals surface area contributed by atoms with Gasteiger partial charge >= 0.3 is 0 Å². The van der Waals surface area contributed by atoms with Crippen molar-refractivity contribution in [1.29, 1.82) is 5.26 Å². The third-order valence-corrected chi connectivity index (χ3v) is 4.08. The van der Waals surface area contributed by atoms with Crippen LogP contribution >= 0.6 is 0 Å². The highest BCUT2D eigenvalue weighted by molar-refractivity contribution is 4.99. The molecule has 0 radical (unpaired) electrons. The standard InChI is InChI=1S/C16H29NO3/c1-18-11-12-20-14-13-19-10-9-16(15-17)7-5-3-2-4-6-8-16/h2-14H2,1H3. The zero-order valence-electron chi connectivity index (χ0n) is 12.9. The summed E-state index contributed by atoms with van der Waals surface area (Å²) in [5.74, 6) is 0. The number of methoxy groups -OCH3 is 1. The zero-order valence-corrected chi connectivity index (χ0v) is 12.9. The van der Waals surface area contributed by atoms with Gasteiger partial charge in [0.2, 0.25) is 0 Å². The Balaban J connectivity index is 2.12. The van der Waals surface area contributed by atoms with Crippen LogP contribution in [0.3, 0.4) is 0 Å². The van der Waals surface area contributed by atoms with Crippen LogP contribution in [0.15, 0.2) is 0 Å². The monoisotopic (exact) mass is 283 g/mol. The minimum atomic E-state index is -0.142. The smallest absolute Gasteiger partial charge is 0.0701 e. The van der Waals surface area contributed by atoms with Crippen LogP contribution in [-0.2, 0) is 14.2 Å². The average molecular weight is 283 g/mol. The molecule has 0 aromatic rings. The van der Waals surface area contributed by atoms with Crippen molar-refractivity contribution in [2.24, 2.45) is 5.41 Å². The number of nitriles is 1. The molecule has 1 aliphatic carbocycles. The average Bonchev–Trinajstić information content (AvgIpc) is 2.44. The molecule has 1 fully saturated rings. The van der Waals surface area contributed by atoms with Gasteiger partial charge in [-0.3, -0.25) is 0 Å². The van der Waals surface area contributed by atoms with Gasteiger partial charge in [0.25, 0.3) is 0 Å². The SMILES string of the molecule is COCCOCCOCCC1(C#N)CCCCCCC1. The van der Waals surface area contributed by atoms with Gasteiger partial charge in [0.15, 0.2) is 0 Å². The van der Waals surface area contributed by atoms with E-state index in [4.69, 9.17) is 14.2 Å². The van der Waals surface area contributed by atoms with E-state index >= 15 is 0 Å². The molecule has 0 aliphatic heterocycles. The summed E-state index contributed by atoms with van der Waals surface area (Å²) in [5.41, 5.74) is -0.142. The molecule has 1 saturated carbocycles. The third-order valence-electron chi connectivity index (χ3n) is 4.08. The van der Waals surface area contributed by atoms with Crippen molar-refractivity contribution in [2.75, 3.05) is 40.1 Å². The molecule has 0 heterocycles. The maximum absolute atomic E-state index is 9.51. The van der Waals surface area contributed by atoms with E-state index in [-0.39, 0.29) is 5.41 Å². The molecule has 0 spiro atoms. The van der Waals surface area contributed by atoms with Gasteiger partial charge in [0, 0.05) is 13.7 Å². The molecule has 4 nitrogen and oxygen atoms in total. The lowest BCUT2D eigenvalue weighted by atomic mass is 9.75. The highest BCUT2D eigenvalue weighted by Gasteiger charge is 2.29. The van der Waals surface area contributed by atoms with Crippen LogP contribution < -0.4 is 0 Å². The van der Waals surface area contributed by atoms with Crippen molar-refractivity contribution >= 4 is 0 Å². The topological polar surface area (TPSA) is 51.5 Å². The summed E-state index contributed by atoms with van der Waals surface area (Å²) in [4.78, 5) is 0. The molecule has 116 valence electrons. The molecule has 4 heteroatoms. The first-order chi connectivity index (χ1) is 9.83. The van der Waals surface area contributed by atoms with E-state index in [1.165, 1.54) is 32.1 Å². The Kier molecular flexibility index (Phi) is 9.65. The van der Waals surface area contributed by atoms with Crippen molar-refractivity contribution in [3.63, 3.8) is 0 Å². The number of ether oxygens (including phenoxy) is 3. The Labute approximate surface area is 123 Å². The van der Waals surface area contributed by atoms with Crippen molar-refractivity contribution < 1.29 is 14.2 Å². The number of hydrogen-bond donors (Lipinski definition) is 0. The minimum Gasteiger partial charge on any atom is -0.382 e. The molecule has 1 aliphatic rings. The van der Waals surface area contributed by atoms with Gasteiger partial charge in [0.05, 0.1) is 37.9 Å². The first-order valence-corrected chi connectivity index (χ1v) is 7.89. The van der Waals surface area contributed by atoms with Crippen LogP contribution in [0.2, 0.25) is 0 Å². The molecule has 0 aromatic heterocycles. The predicted molar refractivity (Wildman–Crippen MR) is 78.5 cm³/mol. The second-order valence-corrected chi connectivity index (χ2v) is 5.63. The van der Waals surface area contributed by atoms with Gasteiger partial charge in [-0.15, -0.1) is 0 Å². The molecule has 0 unspecified atom stereocenters. The fourth-order valence-corrected chi connectivity index (χ4v) is 2.73. The first kappa shape index (κ1) is 17.4. The fourth-order valence-electron chi connectivity index (χ4n) is 2.73. The maximum Gasteiger partial charge on any atom is 0.0701 e. The van der Waals surface area contributed by atoms with Gasteiger partial charge in [0.1, 0.15) is 0 Å². The Morgan fingerprint density at radius 1 is 0.850 bits per heavy atom. The number of nitrogens with zero attached hydrogens (tertiary/aromatic N) is 1. The van der Waals surface area contributed by atoms with Crippen LogP contribution in [0.1, 0.15) is 51.4 Å². The first-order valence-electron chi connectivity index (χ1n) is 7.89. The summed E-state index contributed by atoms with van der Waals surface area (Å²) >= 11 is 0. The van der Waals surface area contributed by atoms with Crippen LogP contribution in [0, 0.1) is 16.7 Å². The molecule has 0 saturated heterocycles. The van der Waals surface area contributed by atoms with Gasteiger partial charge in [-0.05, 0) is 19.3 Å². The molecule has 0 amide bonds. The summed E-state index contributed by atoms with van der Waals surface area (Å²) in [6.07, 6.45) is 9.20. The highest BCUT2D eigenvalue weighted by Crippen LogP contribution is 2.36. The van der Waals surface area contributed by atoms with Crippen molar-refractivity contribution in [1.82, 2.24) is 0 Å². The number of hydrogen-bond acceptors (Lipinski definition) is 4. The van der Waals surface area contributed by atoms with Gasteiger partial charge < -0.3 is 14.2 Å². The summed E-state index contributed by atoms with van der Waals surface area (Å²) in [6, 6.07) is 2.58. The van der Waals surface area contributed by atoms with Crippen molar-refractivity contribution in [2.45, 2.75) is 51.4 Å². The van der Waals surface area contributed by atoms with Crippen LogP contribution in [0.5, 0.6) is 0 Å². The Morgan fingerprint density at radius 3 is 2.00 bits per heavy atom. The molecular weight excluding hydrogens is 254 g/mol. The Hall–Kier alpha value is -0.630. The molecule has 0 atom stereocenters. The highest BCUT2D eigenvalue weighted by atomic mass is 16.5. The van der Waals surface area contributed by atoms with Crippen molar-refractivity contribution in [3.05, 3.63) is 0 Å². The van der Waals surface area contributed by atoms with Gasteiger partial charge in [-0.2, -0.15) is 5.26 Å². The fraction of sp³-hybridized carbons (Fsp3) is 0.938. The molecular formula is C16H29NO3. The number of rotatable bonds is 9. The van der Waals surface area contributed by atoms with Gasteiger partial charge in [-0.1, -0.05) is 32.1 Å². The van der Waals surface area contributed by atoms with E-state index < -0.39 is 0 Å². The molecule has 0 bridgehead atoms. The van der Waals surface area contributed by atoms with E-state index in [1.54, 1.807) is 7.11 Å². The largest absolute Gasteiger partial charge is 0.382 e. The van der Waals surface area contributed by atoms with Crippen LogP contribution in [0.25, 0.3) is 0 Å². The molecule has 0 aromatic carbocycles. The summed E-state index contributed by atoms with van der Waals surface area (Å²) in [6.45, 7) is 3.11. The third kappa shape index (κ3) is 7.23. The maximum atomic E-state index is 9.51. The summed E-state index contributed by atoms with van der Waals surface area (Å²) in [7, 11) is 1.66. The lowest BCUT2D eigenvalue weighted by Crippen LogP contribution is -2.23. The second kappa shape index (κ2) is 11.1. The Bertz CT molecular complexity index is 267. The molecule has 20 heavy (non-hydrogen) atoms. The zero-order chi connectivity index (χ0) is 14.5. The van der Waals surface area contributed by atoms with Crippen LogP contribution in [0.4, 0.5) is 0 Å². The van der Waals surface area contributed by atoms with E-state index in [2.05, 4.69) is 6.07 Å². The molecule has 0 N–H and O–H groups in total. The van der Waals surface area contributed by atoms with E-state index in [9.17, 15) is 5.26 Å². The second-order valence-electron chi connectivity index (χ2n) is 5.63. The van der Waals surface area contributed by atoms with E-state index in [0.717, 1.165) is 19.3 Å². The summed E-state index contributed by atoms with van der Waals surface area (Å²) < 4.78 is 15.8. The quantitative estimate of drug-likeness (QED) is 0.609. The summed E-state index contributed by atoms with van der Waals surface area (Å²) in [5, 5.41) is 9.51. The molecule has 1 rings (SSSR count). The van der Waals surface area contributed by atoms with E-state index in [1.807, 2.05) is 0 Å². The predicted octanol–water partition coefficient (Wildman–Crippen LogP) is 3.31.